The van der Waals surface area contributed by atoms with Gasteiger partial charge in [-0.1, -0.05) is 42.7 Å². The molecule has 0 spiro atoms. The molecule has 0 bridgehead atoms. The summed E-state index contributed by atoms with van der Waals surface area (Å²) in [4.78, 5) is 17.5. The number of hydrogen-bond acceptors (Lipinski definition) is 5. The lowest BCUT2D eigenvalue weighted by atomic mass is 9.96. The van der Waals surface area contributed by atoms with Crippen LogP contribution in [0.25, 0.3) is 10.2 Å². The Bertz CT molecular complexity index is 1170. The molecule has 0 radical (unpaired) electrons. The molecule has 1 saturated carbocycles. The standard InChI is InChI=1S/C23H27N3O3S2/c1-15-9-10-16(2)21-20(15)24-23(30-21)25-22(27)17-11-13-19(14-12-17)31(28,29)26(3)18-7-5-4-6-8-18/h9-14,18H,4-8H2,1-3H3,(H,24,25,27). The second kappa shape index (κ2) is 8.68. The minimum atomic E-state index is -3.58. The van der Waals surface area contributed by atoms with Gasteiger partial charge in [0.15, 0.2) is 5.13 Å². The molecule has 1 heterocycles. The van der Waals surface area contributed by atoms with E-state index in [0.29, 0.717) is 10.7 Å². The highest BCUT2D eigenvalue weighted by molar-refractivity contribution is 7.89. The van der Waals surface area contributed by atoms with Crippen molar-refractivity contribution in [2.45, 2.75) is 56.9 Å². The quantitative estimate of drug-likeness (QED) is 0.577. The summed E-state index contributed by atoms with van der Waals surface area (Å²) < 4.78 is 28.5. The van der Waals surface area contributed by atoms with Gasteiger partial charge in [-0.3, -0.25) is 10.1 Å². The fourth-order valence-electron chi connectivity index (χ4n) is 4.07. The van der Waals surface area contributed by atoms with Crippen molar-refractivity contribution >= 4 is 42.6 Å². The van der Waals surface area contributed by atoms with E-state index in [-0.39, 0.29) is 16.8 Å². The van der Waals surface area contributed by atoms with E-state index in [1.54, 1.807) is 19.2 Å². The van der Waals surface area contributed by atoms with Crippen molar-refractivity contribution in [2.24, 2.45) is 0 Å². The number of thiazole rings is 1. The Morgan fingerprint density at radius 3 is 2.32 bits per heavy atom. The van der Waals surface area contributed by atoms with Gasteiger partial charge in [-0.15, -0.1) is 0 Å². The Morgan fingerprint density at radius 2 is 1.68 bits per heavy atom. The molecule has 8 heteroatoms. The normalized spacial score (nSPS) is 15.5. The van der Waals surface area contributed by atoms with Gasteiger partial charge in [0.25, 0.3) is 5.91 Å². The number of aryl methyl sites for hydroxylation is 2. The monoisotopic (exact) mass is 457 g/mol. The molecule has 1 amide bonds. The summed E-state index contributed by atoms with van der Waals surface area (Å²) in [7, 11) is -1.92. The first-order chi connectivity index (χ1) is 14.8. The molecule has 0 aliphatic heterocycles. The highest BCUT2D eigenvalue weighted by Gasteiger charge is 2.29. The number of sulfonamides is 1. The maximum atomic E-state index is 13.0. The molecular formula is C23H27N3O3S2. The summed E-state index contributed by atoms with van der Waals surface area (Å²) in [5.41, 5.74) is 3.48. The van der Waals surface area contributed by atoms with Crippen LogP contribution in [0.1, 0.15) is 53.6 Å². The first-order valence-electron chi connectivity index (χ1n) is 10.5. The Kier molecular flexibility index (Phi) is 6.14. The van der Waals surface area contributed by atoms with Gasteiger partial charge >= 0.3 is 0 Å². The summed E-state index contributed by atoms with van der Waals surface area (Å²) in [5, 5.41) is 3.38. The lowest BCUT2D eigenvalue weighted by molar-refractivity contribution is 0.102. The van der Waals surface area contributed by atoms with Crippen LogP contribution in [0.3, 0.4) is 0 Å². The zero-order chi connectivity index (χ0) is 22.2. The molecule has 1 aromatic heterocycles. The van der Waals surface area contributed by atoms with Gasteiger partial charge in [0, 0.05) is 18.7 Å². The second-order valence-electron chi connectivity index (χ2n) is 8.19. The highest BCUT2D eigenvalue weighted by atomic mass is 32.2. The SMILES string of the molecule is Cc1ccc(C)c2sc(NC(=O)c3ccc(S(=O)(=O)N(C)C4CCCCC4)cc3)nc12. The summed E-state index contributed by atoms with van der Waals surface area (Å²) in [6.07, 6.45) is 5.10. The number of fused-ring (bicyclic) bond motifs is 1. The number of hydrogen-bond donors (Lipinski definition) is 1. The number of anilines is 1. The summed E-state index contributed by atoms with van der Waals surface area (Å²) in [6.45, 7) is 4.02. The van der Waals surface area contributed by atoms with Gasteiger partial charge in [0.1, 0.15) is 0 Å². The maximum absolute atomic E-state index is 13.0. The van der Waals surface area contributed by atoms with E-state index < -0.39 is 10.0 Å². The topological polar surface area (TPSA) is 79.4 Å². The van der Waals surface area contributed by atoms with Crippen LogP contribution >= 0.6 is 11.3 Å². The van der Waals surface area contributed by atoms with E-state index in [1.165, 1.54) is 34.2 Å². The Morgan fingerprint density at radius 1 is 1.03 bits per heavy atom. The number of carbonyl (C=O) groups excluding carboxylic acids is 1. The third-order valence-corrected chi connectivity index (χ3v) is 9.08. The van der Waals surface area contributed by atoms with E-state index in [0.717, 1.165) is 47.0 Å². The van der Waals surface area contributed by atoms with Crippen LogP contribution in [0.4, 0.5) is 5.13 Å². The summed E-state index contributed by atoms with van der Waals surface area (Å²) in [6, 6.07) is 10.2. The van der Waals surface area contributed by atoms with Crippen molar-refractivity contribution in [1.82, 2.24) is 9.29 Å². The fourth-order valence-corrected chi connectivity index (χ4v) is 6.49. The number of benzene rings is 2. The van der Waals surface area contributed by atoms with Gasteiger partial charge < -0.3 is 0 Å². The third kappa shape index (κ3) is 4.37. The lowest BCUT2D eigenvalue weighted by Crippen LogP contribution is -2.38. The minimum Gasteiger partial charge on any atom is -0.298 e. The van der Waals surface area contributed by atoms with E-state index in [9.17, 15) is 13.2 Å². The maximum Gasteiger partial charge on any atom is 0.257 e. The minimum absolute atomic E-state index is 0.0488. The van der Waals surface area contributed by atoms with Crippen LogP contribution in [0, 0.1) is 13.8 Å². The molecule has 3 aromatic rings. The van der Waals surface area contributed by atoms with Crippen molar-refractivity contribution in [3.63, 3.8) is 0 Å². The largest absolute Gasteiger partial charge is 0.298 e. The summed E-state index contributed by atoms with van der Waals surface area (Å²) >= 11 is 1.44. The lowest BCUT2D eigenvalue weighted by Gasteiger charge is -2.30. The van der Waals surface area contributed by atoms with Crippen LogP contribution in [0.5, 0.6) is 0 Å². The number of amides is 1. The highest BCUT2D eigenvalue weighted by Crippen LogP contribution is 2.31. The van der Waals surface area contributed by atoms with Crippen LogP contribution in [0.15, 0.2) is 41.3 Å². The Balaban J connectivity index is 1.50. The van der Waals surface area contributed by atoms with Crippen LogP contribution in [-0.4, -0.2) is 36.7 Å². The van der Waals surface area contributed by atoms with Crippen LogP contribution in [-0.2, 0) is 10.0 Å². The van der Waals surface area contributed by atoms with Gasteiger partial charge in [0.2, 0.25) is 10.0 Å². The number of nitrogens with one attached hydrogen (secondary N) is 1. The molecule has 1 N–H and O–H groups in total. The van der Waals surface area contributed by atoms with E-state index in [1.807, 2.05) is 26.0 Å². The van der Waals surface area contributed by atoms with E-state index >= 15 is 0 Å². The zero-order valence-corrected chi connectivity index (χ0v) is 19.6. The molecule has 164 valence electrons. The first kappa shape index (κ1) is 21.9. The van der Waals surface area contributed by atoms with Crippen LogP contribution in [0.2, 0.25) is 0 Å². The van der Waals surface area contributed by atoms with Crippen molar-refractivity contribution in [3.8, 4) is 0 Å². The number of carbonyl (C=O) groups is 1. The molecule has 0 unspecified atom stereocenters. The van der Waals surface area contributed by atoms with Crippen molar-refractivity contribution < 1.29 is 13.2 Å². The third-order valence-electron chi connectivity index (χ3n) is 6.05. The smallest absolute Gasteiger partial charge is 0.257 e. The number of rotatable bonds is 5. The molecule has 0 saturated heterocycles. The average molecular weight is 458 g/mol. The average Bonchev–Trinajstić information content (AvgIpc) is 3.21. The van der Waals surface area contributed by atoms with Crippen molar-refractivity contribution in [3.05, 3.63) is 53.1 Å². The molecule has 1 fully saturated rings. The number of nitrogens with zero attached hydrogens (tertiary/aromatic N) is 2. The Hall–Kier alpha value is -2.29. The fraction of sp³-hybridized carbons (Fsp3) is 0.391. The molecule has 31 heavy (non-hydrogen) atoms. The van der Waals surface area contributed by atoms with Crippen molar-refractivity contribution in [2.75, 3.05) is 12.4 Å². The van der Waals surface area contributed by atoms with Gasteiger partial charge in [-0.05, 0) is 62.1 Å². The van der Waals surface area contributed by atoms with Gasteiger partial charge in [0.05, 0.1) is 15.1 Å². The second-order valence-corrected chi connectivity index (χ2v) is 11.2. The zero-order valence-electron chi connectivity index (χ0n) is 18.0. The molecular weight excluding hydrogens is 430 g/mol. The molecule has 2 aromatic carbocycles. The summed E-state index contributed by atoms with van der Waals surface area (Å²) in [5.74, 6) is -0.307. The van der Waals surface area contributed by atoms with E-state index in [2.05, 4.69) is 10.3 Å². The predicted octanol–water partition coefficient (Wildman–Crippen LogP) is 5.12. The molecule has 1 aliphatic rings. The van der Waals surface area contributed by atoms with Crippen LogP contribution < -0.4 is 5.32 Å². The molecule has 4 rings (SSSR count). The number of aromatic nitrogens is 1. The predicted molar refractivity (Wildman–Crippen MR) is 125 cm³/mol. The molecule has 6 nitrogen and oxygen atoms in total. The van der Waals surface area contributed by atoms with Crippen molar-refractivity contribution in [1.29, 1.82) is 0 Å². The first-order valence-corrected chi connectivity index (χ1v) is 12.8. The van der Waals surface area contributed by atoms with Gasteiger partial charge in [-0.2, -0.15) is 4.31 Å². The Labute approximate surface area is 187 Å². The van der Waals surface area contributed by atoms with E-state index in [4.69, 9.17) is 0 Å². The molecule has 0 atom stereocenters. The molecule has 1 aliphatic carbocycles. The van der Waals surface area contributed by atoms with Gasteiger partial charge in [-0.25, -0.2) is 13.4 Å².